The second-order valence-electron chi connectivity index (χ2n) is 5.29. The fourth-order valence-corrected chi connectivity index (χ4v) is 4.54. The third-order valence-electron chi connectivity index (χ3n) is 3.76. The standard InChI is InChI=1S/C14H24BrN3OS/c1-19-8-7-18-14(12(15)9-17-18)13(16)10-20-11-5-3-2-4-6-11/h9,11,13H,2-8,10,16H2,1H3. The number of nitrogens with zero attached hydrogens (tertiary/aromatic N) is 2. The maximum absolute atomic E-state index is 6.38. The van der Waals surface area contributed by atoms with Crippen LogP contribution in [0.15, 0.2) is 10.7 Å². The smallest absolute Gasteiger partial charge is 0.0702 e. The number of halogens is 1. The number of aromatic nitrogens is 2. The molecule has 1 atom stereocenters. The fraction of sp³-hybridized carbons (Fsp3) is 0.786. The third kappa shape index (κ3) is 4.48. The first-order valence-corrected chi connectivity index (χ1v) is 9.14. The molecule has 0 bridgehead atoms. The van der Waals surface area contributed by atoms with Crippen molar-refractivity contribution in [2.45, 2.75) is 49.9 Å². The van der Waals surface area contributed by atoms with Crippen LogP contribution >= 0.6 is 27.7 Å². The molecule has 0 saturated heterocycles. The minimum absolute atomic E-state index is 0.0238. The molecular weight excluding hydrogens is 338 g/mol. The number of hydrogen-bond donors (Lipinski definition) is 1. The van der Waals surface area contributed by atoms with Crippen molar-refractivity contribution in [3.8, 4) is 0 Å². The van der Waals surface area contributed by atoms with Gasteiger partial charge in [-0.05, 0) is 28.8 Å². The lowest BCUT2D eigenvalue weighted by molar-refractivity contribution is 0.182. The Kier molecular flexibility index (Phi) is 6.87. The molecule has 0 aromatic carbocycles. The Morgan fingerprint density at radius 3 is 2.95 bits per heavy atom. The second kappa shape index (κ2) is 8.41. The monoisotopic (exact) mass is 361 g/mol. The number of thioether (sulfide) groups is 1. The van der Waals surface area contributed by atoms with Crippen LogP contribution in [0.25, 0.3) is 0 Å². The maximum atomic E-state index is 6.38. The molecule has 1 saturated carbocycles. The molecule has 0 aliphatic heterocycles. The van der Waals surface area contributed by atoms with Gasteiger partial charge < -0.3 is 10.5 Å². The summed E-state index contributed by atoms with van der Waals surface area (Å²) in [4.78, 5) is 0. The Labute approximate surface area is 133 Å². The Hall–Kier alpha value is -0.0400. The molecule has 2 N–H and O–H groups in total. The minimum Gasteiger partial charge on any atom is -0.383 e. The van der Waals surface area contributed by atoms with E-state index in [1.807, 2.05) is 22.6 Å². The summed E-state index contributed by atoms with van der Waals surface area (Å²) in [6.07, 6.45) is 8.68. The van der Waals surface area contributed by atoms with E-state index in [0.717, 1.165) is 27.7 Å². The molecule has 1 fully saturated rings. The highest BCUT2D eigenvalue weighted by Crippen LogP contribution is 2.31. The van der Waals surface area contributed by atoms with E-state index in [9.17, 15) is 0 Å². The summed E-state index contributed by atoms with van der Waals surface area (Å²) < 4.78 is 8.09. The zero-order chi connectivity index (χ0) is 14.4. The quantitative estimate of drug-likeness (QED) is 0.808. The molecule has 0 amide bonds. The van der Waals surface area contributed by atoms with Crippen molar-refractivity contribution in [1.82, 2.24) is 9.78 Å². The first-order valence-electron chi connectivity index (χ1n) is 7.29. The number of ether oxygens (including phenoxy) is 1. The fourth-order valence-electron chi connectivity index (χ4n) is 2.65. The number of nitrogens with two attached hydrogens (primary N) is 1. The van der Waals surface area contributed by atoms with Gasteiger partial charge in [0.1, 0.15) is 0 Å². The van der Waals surface area contributed by atoms with Gasteiger partial charge >= 0.3 is 0 Å². The average molecular weight is 362 g/mol. The first kappa shape index (κ1) is 16.3. The molecule has 1 unspecified atom stereocenters. The summed E-state index contributed by atoms with van der Waals surface area (Å²) in [5, 5.41) is 5.16. The molecule has 1 aliphatic rings. The van der Waals surface area contributed by atoms with Gasteiger partial charge in [0.05, 0.1) is 35.6 Å². The molecular formula is C14H24BrN3OS. The van der Waals surface area contributed by atoms with Gasteiger partial charge in [-0.3, -0.25) is 4.68 Å². The van der Waals surface area contributed by atoms with Gasteiger partial charge in [-0.1, -0.05) is 19.3 Å². The Morgan fingerprint density at radius 1 is 1.50 bits per heavy atom. The van der Waals surface area contributed by atoms with Crippen LogP contribution in [0.4, 0.5) is 0 Å². The van der Waals surface area contributed by atoms with E-state index in [1.54, 1.807) is 7.11 Å². The van der Waals surface area contributed by atoms with E-state index in [0.29, 0.717) is 6.61 Å². The number of rotatable bonds is 7. The summed E-state index contributed by atoms with van der Waals surface area (Å²) in [6, 6.07) is 0.0238. The van der Waals surface area contributed by atoms with Gasteiger partial charge in [0.25, 0.3) is 0 Å². The number of hydrogen-bond acceptors (Lipinski definition) is 4. The SMILES string of the molecule is COCCn1ncc(Br)c1C(N)CSC1CCCCC1. The predicted molar refractivity (Wildman–Crippen MR) is 88.1 cm³/mol. The van der Waals surface area contributed by atoms with Crippen LogP contribution in [0.1, 0.15) is 43.8 Å². The topological polar surface area (TPSA) is 53.1 Å². The second-order valence-corrected chi connectivity index (χ2v) is 7.48. The van der Waals surface area contributed by atoms with E-state index in [1.165, 1.54) is 32.1 Å². The highest BCUT2D eigenvalue weighted by molar-refractivity contribution is 9.10. The minimum atomic E-state index is 0.0238. The van der Waals surface area contributed by atoms with Crippen molar-refractivity contribution in [1.29, 1.82) is 0 Å². The average Bonchev–Trinajstić information content (AvgIpc) is 2.84. The largest absolute Gasteiger partial charge is 0.383 e. The van der Waals surface area contributed by atoms with Gasteiger partial charge in [0.15, 0.2) is 0 Å². The molecule has 1 aromatic heterocycles. The Morgan fingerprint density at radius 2 is 2.25 bits per heavy atom. The van der Waals surface area contributed by atoms with Crippen molar-refractivity contribution < 1.29 is 4.74 Å². The van der Waals surface area contributed by atoms with Crippen molar-refractivity contribution in [3.63, 3.8) is 0 Å². The molecule has 6 heteroatoms. The van der Waals surface area contributed by atoms with Crippen molar-refractivity contribution >= 4 is 27.7 Å². The van der Waals surface area contributed by atoms with Gasteiger partial charge in [-0.2, -0.15) is 16.9 Å². The van der Waals surface area contributed by atoms with Gasteiger partial charge in [0, 0.05) is 18.1 Å². The van der Waals surface area contributed by atoms with Crippen LogP contribution in [0.2, 0.25) is 0 Å². The normalized spacial score (nSPS) is 18.4. The van der Waals surface area contributed by atoms with E-state index in [4.69, 9.17) is 10.5 Å². The van der Waals surface area contributed by atoms with Crippen LogP contribution in [0.5, 0.6) is 0 Å². The molecule has 4 nitrogen and oxygen atoms in total. The van der Waals surface area contributed by atoms with E-state index in [-0.39, 0.29) is 6.04 Å². The van der Waals surface area contributed by atoms with Crippen LogP contribution in [-0.4, -0.2) is 34.5 Å². The summed E-state index contributed by atoms with van der Waals surface area (Å²) in [5.41, 5.74) is 7.47. The van der Waals surface area contributed by atoms with Crippen molar-refractivity contribution in [3.05, 3.63) is 16.4 Å². The van der Waals surface area contributed by atoms with E-state index >= 15 is 0 Å². The highest BCUT2D eigenvalue weighted by Gasteiger charge is 2.20. The summed E-state index contributed by atoms with van der Waals surface area (Å²) in [6.45, 7) is 1.41. The Balaban J connectivity index is 1.90. The van der Waals surface area contributed by atoms with E-state index in [2.05, 4.69) is 21.0 Å². The lowest BCUT2D eigenvalue weighted by atomic mass is 10.0. The third-order valence-corrected chi connectivity index (χ3v) is 5.86. The van der Waals surface area contributed by atoms with E-state index < -0.39 is 0 Å². The molecule has 1 aliphatic carbocycles. The summed E-state index contributed by atoms with van der Waals surface area (Å²) >= 11 is 5.59. The zero-order valence-corrected chi connectivity index (χ0v) is 14.5. The molecule has 1 heterocycles. The van der Waals surface area contributed by atoms with Crippen LogP contribution in [0, 0.1) is 0 Å². The number of methoxy groups -OCH3 is 1. The Bertz CT molecular complexity index is 407. The summed E-state index contributed by atoms with van der Waals surface area (Å²) in [7, 11) is 1.71. The predicted octanol–water partition coefficient (Wildman–Crippen LogP) is 3.36. The van der Waals surface area contributed by atoms with Crippen molar-refractivity contribution in [2.24, 2.45) is 5.73 Å². The highest BCUT2D eigenvalue weighted by atomic mass is 79.9. The molecule has 0 spiro atoms. The summed E-state index contributed by atoms with van der Waals surface area (Å²) in [5.74, 6) is 0.960. The molecule has 114 valence electrons. The van der Waals surface area contributed by atoms with Gasteiger partial charge in [-0.15, -0.1) is 0 Å². The molecule has 0 radical (unpaired) electrons. The lowest BCUT2D eigenvalue weighted by Gasteiger charge is -2.23. The molecule has 20 heavy (non-hydrogen) atoms. The van der Waals surface area contributed by atoms with Crippen LogP contribution in [-0.2, 0) is 11.3 Å². The first-order chi connectivity index (χ1) is 9.72. The van der Waals surface area contributed by atoms with Crippen LogP contribution < -0.4 is 5.73 Å². The molecule has 1 aromatic rings. The maximum Gasteiger partial charge on any atom is 0.0702 e. The van der Waals surface area contributed by atoms with Gasteiger partial charge in [-0.25, -0.2) is 0 Å². The lowest BCUT2D eigenvalue weighted by Crippen LogP contribution is -2.22. The zero-order valence-electron chi connectivity index (χ0n) is 12.1. The van der Waals surface area contributed by atoms with Gasteiger partial charge in [0.2, 0.25) is 0 Å². The van der Waals surface area contributed by atoms with Crippen LogP contribution in [0.3, 0.4) is 0 Å². The molecule has 2 rings (SSSR count). The van der Waals surface area contributed by atoms with Crippen molar-refractivity contribution in [2.75, 3.05) is 19.5 Å².